The van der Waals surface area contributed by atoms with Crippen LogP contribution in [0.5, 0.6) is 0 Å². The van der Waals surface area contributed by atoms with Crippen LogP contribution in [-0.4, -0.2) is 56.8 Å². The van der Waals surface area contributed by atoms with Gasteiger partial charge in [0.2, 0.25) is 5.91 Å². The van der Waals surface area contributed by atoms with Crippen LogP contribution in [0.1, 0.15) is 51.0 Å². The van der Waals surface area contributed by atoms with E-state index < -0.39 is 11.7 Å². The summed E-state index contributed by atoms with van der Waals surface area (Å²) in [6, 6.07) is 1.19. The Bertz CT molecular complexity index is 713. The number of nitrogens with one attached hydrogen (secondary N) is 2. The van der Waals surface area contributed by atoms with Crippen LogP contribution in [0.15, 0.2) is 12.3 Å². The molecular weight excluding hydrogens is 445 g/mol. The summed E-state index contributed by atoms with van der Waals surface area (Å²) in [5.41, 5.74) is -0.843. The third-order valence-electron chi connectivity index (χ3n) is 5.86. The molecule has 1 fully saturated rings. The topological polar surface area (TPSA) is 66.5 Å². The number of hydrogen-bond acceptors (Lipinski definition) is 5. The third kappa shape index (κ3) is 8.75. The zero-order valence-corrected chi connectivity index (χ0v) is 19.6. The lowest BCUT2D eigenvalue weighted by Crippen LogP contribution is -2.38. The molecule has 1 aliphatic rings. The highest BCUT2D eigenvalue weighted by Crippen LogP contribution is 2.33. The van der Waals surface area contributed by atoms with E-state index in [9.17, 15) is 18.0 Å². The van der Waals surface area contributed by atoms with Gasteiger partial charge < -0.3 is 20.3 Å². The lowest BCUT2D eigenvalue weighted by atomic mass is 9.84. The number of alkyl halides is 3. The largest absolute Gasteiger partial charge is 0.417 e. The number of anilines is 1. The number of hydrogen-bond donors (Lipinski definition) is 2. The summed E-state index contributed by atoms with van der Waals surface area (Å²) in [4.78, 5) is 17.6. The van der Waals surface area contributed by atoms with Crippen molar-refractivity contribution in [2.45, 2.75) is 57.7 Å². The normalized spacial score (nSPS) is 19.1. The summed E-state index contributed by atoms with van der Waals surface area (Å²) >= 11 is 6.06. The molecule has 0 atom stereocenters. The number of amides is 1. The minimum absolute atomic E-state index is 0.00717. The Morgan fingerprint density at radius 1 is 1.28 bits per heavy atom. The maximum Gasteiger partial charge on any atom is 0.417 e. The first-order valence-corrected chi connectivity index (χ1v) is 11.6. The van der Waals surface area contributed by atoms with Gasteiger partial charge in [-0.1, -0.05) is 11.6 Å². The summed E-state index contributed by atoms with van der Waals surface area (Å²) in [5.74, 6) is 1.07. The molecule has 6 nitrogen and oxygen atoms in total. The van der Waals surface area contributed by atoms with Crippen LogP contribution in [0.4, 0.5) is 19.0 Å². The van der Waals surface area contributed by atoms with Crippen molar-refractivity contribution in [1.29, 1.82) is 0 Å². The van der Waals surface area contributed by atoms with Gasteiger partial charge in [-0.15, -0.1) is 0 Å². The molecule has 0 unspecified atom stereocenters. The van der Waals surface area contributed by atoms with Crippen LogP contribution in [0.2, 0.25) is 5.02 Å². The lowest BCUT2D eigenvalue weighted by molar-refractivity contribution is -0.137. The monoisotopic (exact) mass is 478 g/mol. The summed E-state index contributed by atoms with van der Waals surface area (Å²) in [5, 5.41) is 6.50. The predicted molar refractivity (Wildman–Crippen MR) is 120 cm³/mol. The average Bonchev–Trinajstić information content (AvgIpc) is 2.75. The molecule has 0 bridgehead atoms. The Kier molecular flexibility index (Phi) is 11.0. The number of pyridine rings is 1. The first-order valence-electron chi connectivity index (χ1n) is 11.2. The van der Waals surface area contributed by atoms with E-state index in [0.717, 1.165) is 50.9 Å². The average molecular weight is 479 g/mol. The number of rotatable bonds is 12. The maximum atomic E-state index is 12.8. The van der Waals surface area contributed by atoms with Crippen molar-refractivity contribution >= 4 is 23.3 Å². The molecule has 1 amide bonds. The first kappa shape index (κ1) is 26.7. The van der Waals surface area contributed by atoms with Crippen LogP contribution >= 0.6 is 11.6 Å². The Morgan fingerprint density at radius 2 is 2.00 bits per heavy atom. The summed E-state index contributed by atoms with van der Waals surface area (Å²) in [6.07, 6.45) is 2.05. The highest BCUT2D eigenvalue weighted by atomic mass is 35.5. The highest BCUT2D eigenvalue weighted by molar-refractivity contribution is 6.33. The summed E-state index contributed by atoms with van der Waals surface area (Å²) < 4.78 is 43.3. The van der Waals surface area contributed by atoms with Gasteiger partial charge in [0.1, 0.15) is 5.82 Å². The van der Waals surface area contributed by atoms with E-state index in [2.05, 4.69) is 15.6 Å². The van der Waals surface area contributed by atoms with Gasteiger partial charge in [0.15, 0.2) is 0 Å². The van der Waals surface area contributed by atoms with Crippen molar-refractivity contribution in [3.8, 4) is 0 Å². The summed E-state index contributed by atoms with van der Waals surface area (Å²) in [6.45, 7) is 5.14. The van der Waals surface area contributed by atoms with Gasteiger partial charge >= 0.3 is 6.18 Å². The SMILES string of the molecule is CCN(CCNCC[C@H]1CC[C@H](NC(=O)CCOC)CC1)c1ncc(C(F)(F)F)cc1Cl. The highest BCUT2D eigenvalue weighted by Gasteiger charge is 2.32. The molecule has 182 valence electrons. The smallest absolute Gasteiger partial charge is 0.384 e. The summed E-state index contributed by atoms with van der Waals surface area (Å²) in [7, 11) is 1.59. The molecule has 0 radical (unpaired) electrons. The molecule has 0 aliphatic heterocycles. The predicted octanol–water partition coefficient (Wildman–Crippen LogP) is 4.27. The van der Waals surface area contributed by atoms with Crippen molar-refractivity contribution < 1.29 is 22.7 Å². The molecule has 10 heteroatoms. The number of likely N-dealkylation sites (N-methyl/N-ethyl adjacent to an activating group) is 1. The van der Waals surface area contributed by atoms with E-state index in [1.54, 1.807) is 7.11 Å². The number of aromatic nitrogens is 1. The van der Waals surface area contributed by atoms with Crippen molar-refractivity contribution in [1.82, 2.24) is 15.6 Å². The minimum Gasteiger partial charge on any atom is -0.384 e. The Morgan fingerprint density at radius 3 is 2.59 bits per heavy atom. The second kappa shape index (κ2) is 13.2. The van der Waals surface area contributed by atoms with Crippen molar-refractivity contribution in [2.24, 2.45) is 5.92 Å². The van der Waals surface area contributed by atoms with E-state index >= 15 is 0 Å². The minimum atomic E-state index is -4.46. The molecule has 0 spiro atoms. The fraction of sp³-hybridized carbons (Fsp3) is 0.727. The van der Waals surface area contributed by atoms with Gasteiger partial charge in [0.05, 0.1) is 17.2 Å². The molecule has 1 aromatic heterocycles. The van der Waals surface area contributed by atoms with Crippen LogP contribution < -0.4 is 15.5 Å². The second-order valence-corrected chi connectivity index (χ2v) is 8.58. The van der Waals surface area contributed by atoms with Crippen molar-refractivity contribution in [3.05, 3.63) is 22.8 Å². The van der Waals surface area contributed by atoms with E-state index in [1.807, 2.05) is 11.8 Å². The van der Waals surface area contributed by atoms with Gasteiger partial charge in [-0.25, -0.2) is 4.98 Å². The Hall–Kier alpha value is -1.58. The fourth-order valence-corrected chi connectivity index (χ4v) is 4.25. The van der Waals surface area contributed by atoms with Crippen LogP contribution in [-0.2, 0) is 15.7 Å². The first-order chi connectivity index (χ1) is 15.2. The van der Waals surface area contributed by atoms with Gasteiger partial charge in [0.25, 0.3) is 0 Å². The number of carbonyl (C=O) groups is 1. The molecule has 2 N–H and O–H groups in total. The lowest BCUT2D eigenvalue weighted by Gasteiger charge is -2.29. The van der Waals surface area contributed by atoms with Crippen molar-refractivity contribution in [3.63, 3.8) is 0 Å². The second-order valence-electron chi connectivity index (χ2n) is 8.17. The number of methoxy groups -OCH3 is 1. The zero-order chi connectivity index (χ0) is 23.6. The molecule has 0 aromatic carbocycles. The number of halogens is 4. The quantitative estimate of drug-likeness (QED) is 0.439. The molecule has 1 aliphatic carbocycles. The number of ether oxygens (including phenoxy) is 1. The molecule has 1 aromatic rings. The van der Waals surface area contributed by atoms with Gasteiger partial charge in [-0.3, -0.25) is 4.79 Å². The van der Waals surface area contributed by atoms with Crippen LogP contribution in [0.25, 0.3) is 0 Å². The van der Waals surface area contributed by atoms with E-state index in [-0.39, 0.29) is 17.0 Å². The molecule has 1 saturated carbocycles. The van der Waals surface area contributed by atoms with Gasteiger partial charge in [-0.2, -0.15) is 13.2 Å². The maximum absolute atomic E-state index is 12.8. The van der Waals surface area contributed by atoms with Gasteiger partial charge in [-0.05, 0) is 57.6 Å². The molecule has 32 heavy (non-hydrogen) atoms. The van der Waals surface area contributed by atoms with E-state index in [0.29, 0.717) is 44.4 Å². The standard InChI is InChI=1S/C22H34ClF3N4O2/c1-3-30(21-19(23)14-17(15-28-21)22(24,25)26)12-11-27-10-8-16-4-6-18(7-5-16)29-20(31)9-13-32-2/h14-16,18,27H,3-13H2,1-2H3,(H,29,31)/t16-,18-. The molecule has 1 heterocycles. The molecule has 2 rings (SSSR count). The van der Waals surface area contributed by atoms with E-state index in [4.69, 9.17) is 16.3 Å². The Balaban J connectivity index is 1.66. The van der Waals surface area contributed by atoms with Crippen molar-refractivity contribution in [2.75, 3.05) is 44.8 Å². The number of nitrogens with zero attached hydrogens (tertiary/aromatic N) is 2. The van der Waals surface area contributed by atoms with E-state index in [1.165, 1.54) is 0 Å². The molecular formula is C22H34ClF3N4O2. The Labute approximate surface area is 193 Å². The molecule has 0 saturated heterocycles. The van der Waals surface area contributed by atoms with Gasteiger partial charge in [0, 0.05) is 45.4 Å². The van der Waals surface area contributed by atoms with Crippen LogP contribution in [0, 0.1) is 5.92 Å². The fourth-order valence-electron chi connectivity index (χ4n) is 3.97. The van der Waals surface area contributed by atoms with Crippen LogP contribution in [0.3, 0.4) is 0 Å². The zero-order valence-electron chi connectivity index (χ0n) is 18.8. The third-order valence-corrected chi connectivity index (χ3v) is 6.14. The number of carbonyl (C=O) groups excluding carboxylic acids is 1.